The molecule has 0 aliphatic heterocycles. The van der Waals surface area contributed by atoms with Crippen molar-refractivity contribution >= 4 is 0 Å². The highest BCUT2D eigenvalue weighted by molar-refractivity contribution is 4.73. The fourth-order valence-corrected chi connectivity index (χ4v) is 4.79. The average molecular weight is 445 g/mol. The van der Waals surface area contributed by atoms with E-state index in [1.54, 1.807) is 0 Å². The Morgan fingerprint density at radius 3 is 0.844 bits per heavy atom. The summed E-state index contributed by atoms with van der Waals surface area (Å²) in [6, 6.07) is 0. The molecule has 0 amide bonds. The Morgan fingerprint density at radius 2 is 0.656 bits per heavy atom. The summed E-state index contributed by atoms with van der Waals surface area (Å²) >= 11 is 0. The van der Waals surface area contributed by atoms with Gasteiger partial charge in [0.1, 0.15) is 0 Å². The van der Waals surface area contributed by atoms with Crippen LogP contribution in [0.4, 0.5) is 0 Å². The SMILES string of the molecule is [CH]CCCC(C)CN(CCN(CC(C)CCC[CH])CC(C)CCC[CH])CC(C)CCC[CH]. The van der Waals surface area contributed by atoms with Gasteiger partial charge in [0.15, 0.2) is 0 Å². The van der Waals surface area contributed by atoms with Crippen LogP contribution in [0.15, 0.2) is 0 Å². The van der Waals surface area contributed by atoms with Gasteiger partial charge in [-0.2, -0.15) is 0 Å². The van der Waals surface area contributed by atoms with E-state index in [2.05, 4.69) is 37.5 Å². The van der Waals surface area contributed by atoms with Gasteiger partial charge in [0.25, 0.3) is 0 Å². The third-order valence-corrected chi connectivity index (χ3v) is 6.62. The first-order valence-corrected chi connectivity index (χ1v) is 13.6. The van der Waals surface area contributed by atoms with E-state index in [-0.39, 0.29) is 0 Å². The minimum atomic E-state index is 0.695. The van der Waals surface area contributed by atoms with Gasteiger partial charge in [-0.05, 0) is 103 Å². The minimum absolute atomic E-state index is 0.695. The number of nitrogens with zero attached hydrogens (tertiary/aromatic N) is 2. The quantitative estimate of drug-likeness (QED) is 0.160. The highest BCUT2D eigenvalue weighted by atomic mass is 15.2. The smallest absolute Gasteiger partial charge is 0.0110 e. The molecule has 186 valence electrons. The van der Waals surface area contributed by atoms with Crippen LogP contribution in [0.1, 0.15) is 105 Å². The predicted octanol–water partition coefficient (Wildman–Crippen LogP) is 7.66. The predicted molar refractivity (Wildman–Crippen MR) is 142 cm³/mol. The molecule has 0 aromatic heterocycles. The van der Waals surface area contributed by atoms with Gasteiger partial charge in [-0.15, -0.1) is 0 Å². The molecule has 0 fully saturated rings. The van der Waals surface area contributed by atoms with Crippen molar-refractivity contribution in [2.45, 2.75) is 105 Å². The lowest BCUT2D eigenvalue weighted by Gasteiger charge is -2.33. The summed E-state index contributed by atoms with van der Waals surface area (Å²) in [5.41, 5.74) is 0. The molecule has 0 aromatic carbocycles. The number of hydrogen-bond acceptors (Lipinski definition) is 2. The maximum Gasteiger partial charge on any atom is 0.0110 e. The normalized spacial score (nSPS) is 15.9. The molecule has 0 bridgehead atoms. The molecule has 0 N–H and O–H groups in total. The molecule has 0 saturated heterocycles. The topological polar surface area (TPSA) is 6.48 Å². The van der Waals surface area contributed by atoms with Gasteiger partial charge in [-0.3, -0.25) is 0 Å². The largest absolute Gasteiger partial charge is 0.302 e. The fourth-order valence-electron chi connectivity index (χ4n) is 4.79. The van der Waals surface area contributed by atoms with Crippen molar-refractivity contribution in [3.8, 4) is 0 Å². The highest BCUT2D eigenvalue weighted by Crippen LogP contribution is 2.17. The van der Waals surface area contributed by atoms with Crippen molar-refractivity contribution in [2.24, 2.45) is 23.7 Å². The summed E-state index contributed by atoms with van der Waals surface area (Å²) in [6.07, 6.45) is 12.6. The first-order valence-electron chi connectivity index (χ1n) is 13.6. The molecule has 32 heavy (non-hydrogen) atoms. The highest BCUT2D eigenvalue weighted by Gasteiger charge is 2.18. The van der Waals surface area contributed by atoms with Crippen molar-refractivity contribution in [1.29, 1.82) is 0 Å². The molecule has 4 unspecified atom stereocenters. The van der Waals surface area contributed by atoms with E-state index in [1.807, 2.05) is 0 Å². The minimum Gasteiger partial charge on any atom is -0.302 e. The van der Waals surface area contributed by atoms with Crippen LogP contribution >= 0.6 is 0 Å². The summed E-state index contributed by atoms with van der Waals surface area (Å²) in [6.45, 7) is 39.5. The second-order valence-electron chi connectivity index (χ2n) is 10.7. The molecular weight excluding hydrogens is 388 g/mol. The molecule has 0 aliphatic carbocycles. The lowest BCUT2D eigenvalue weighted by molar-refractivity contribution is 0.142. The Labute approximate surface area is 205 Å². The molecule has 0 saturated carbocycles. The third kappa shape index (κ3) is 18.4. The third-order valence-electron chi connectivity index (χ3n) is 6.62. The molecule has 0 aromatic rings. The summed E-state index contributed by atoms with van der Waals surface area (Å²) in [4.78, 5) is 5.43. The van der Waals surface area contributed by atoms with Crippen molar-refractivity contribution in [3.05, 3.63) is 27.7 Å². The van der Waals surface area contributed by atoms with Crippen LogP contribution in [0.3, 0.4) is 0 Å². The lowest BCUT2D eigenvalue weighted by atomic mass is 10.00. The van der Waals surface area contributed by atoms with Gasteiger partial charge in [-0.25, -0.2) is 0 Å². The van der Waals surface area contributed by atoms with Gasteiger partial charge in [0.05, 0.1) is 0 Å². The van der Waals surface area contributed by atoms with Gasteiger partial charge in [0, 0.05) is 39.3 Å². The van der Waals surface area contributed by atoms with Crippen molar-refractivity contribution in [3.63, 3.8) is 0 Å². The number of hydrogen-bond donors (Lipinski definition) is 0. The molecule has 0 spiro atoms. The van der Waals surface area contributed by atoms with Crippen molar-refractivity contribution in [1.82, 2.24) is 9.80 Å². The van der Waals surface area contributed by atoms with Crippen LogP contribution in [-0.2, 0) is 0 Å². The zero-order valence-electron chi connectivity index (χ0n) is 22.2. The van der Waals surface area contributed by atoms with Crippen LogP contribution in [0.5, 0.6) is 0 Å². The second-order valence-corrected chi connectivity index (χ2v) is 10.7. The molecule has 0 heterocycles. The molecule has 0 rings (SSSR count). The fraction of sp³-hybridized carbons (Fsp3) is 0.867. The van der Waals surface area contributed by atoms with E-state index < -0.39 is 0 Å². The average Bonchev–Trinajstić information content (AvgIpc) is 2.76. The van der Waals surface area contributed by atoms with E-state index >= 15 is 0 Å². The molecule has 8 radical (unpaired) electrons. The van der Waals surface area contributed by atoms with Gasteiger partial charge >= 0.3 is 0 Å². The Balaban J connectivity index is 4.98. The first-order chi connectivity index (χ1) is 15.4. The Kier molecular flexibility index (Phi) is 21.4. The van der Waals surface area contributed by atoms with Crippen LogP contribution < -0.4 is 0 Å². The molecule has 2 heteroatoms. The summed E-state index contributed by atoms with van der Waals surface area (Å²) in [5.74, 6) is 2.78. The van der Waals surface area contributed by atoms with E-state index in [0.29, 0.717) is 23.7 Å². The number of rotatable bonds is 23. The maximum absolute atomic E-state index is 5.76. The zero-order valence-corrected chi connectivity index (χ0v) is 22.2. The molecule has 4 atom stereocenters. The maximum atomic E-state index is 5.76. The summed E-state index contributed by atoms with van der Waals surface area (Å²) < 4.78 is 0. The monoisotopic (exact) mass is 444 g/mol. The van der Waals surface area contributed by atoms with Crippen LogP contribution in [-0.4, -0.2) is 49.1 Å². The first kappa shape index (κ1) is 31.9. The van der Waals surface area contributed by atoms with E-state index in [9.17, 15) is 0 Å². The Morgan fingerprint density at radius 1 is 0.438 bits per heavy atom. The van der Waals surface area contributed by atoms with Crippen LogP contribution in [0.2, 0.25) is 0 Å². The van der Waals surface area contributed by atoms with Crippen molar-refractivity contribution < 1.29 is 0 Å². The molecule has 0 aliphatic rings. The Bertz CT molecular complexity index is 315. The zero-order chi connectivity index (χ0) is 24.2. The van der Waals surface area contributed by atoms with Gasteiger partial charge < -0.3 is 9.80 Å². The van der Waals surface area contributed by atoms with Gasteiger partial charge in [-0.1, -0.05) is 53.4 Å². The molecular formula is C30H56N2. The second kappa shape index (κ2) is 21.5. The molecule has 2 nitrogen and oxygen atoms in total. The standard InChI is InChI=1S/C30H56N2/c1-9-13-17-27(5)23-31(24-28(6)18-14-10-2)21-22-32(25-29(7)19-15-11-3)26-30(8)20-16-12-4/h1-4,27-30H,9-26H2,5-8H3. The van der Waals surface area contributed by atoms with Gasteiger partial charge in [0.2, 0.25) is 0 Å². The summed E-state index contributed by atoms with van der Waals surface area (Å²) in [5, 5.41) is 0. The van der Waals surface area contributed by atoms with E-state index in [1.165, 1.54) is 51.9 Å². The lowest BCUT2D eigenvalue weighted by Crippen LogP contribution is -2.42. The van der Waals surface area contributed by atoms with Crippen LogP contribution in [0, 0.1) is 51.4 Å². The Hall–Kier alpha value is -0.0800. The van der Waals surface area contributed by atoms with Crippen LogP contribution in [0.25, 0.3) is 0 Å². The van der Waals surface area contributed by atoms with Crippen molar-refractivity contribution in [2.75, 3.05) is 39.3 Å². The summed E-state index contributed by atoms with van der Waals surface area (Å²) in [7, 11) is 0. The van der Waals surface area contributed by atoms with E-state index in [0.717, 1.165) is 64.5 Å². The number of unbranched alkanes of at least 4 members (excludes halogenated alkanes) is 4. The van der Waals surface area contributed by atoms with E-state index in [4.69, 9.17) is 27.7 Å².